The van der Waals surface area contributed by atoms with Gasteiger partial charge in [-0.1, -0.05) is 17.7 Å². The number of benzene rings is 1. The van der Waals surface area contributed by atoms with Gasteiger partial charge in [0.25, 0.3) is 0 Å². The normalized spacial score (nSPS) is 10.2. The van der Waals surface area contributed by atoms with Crippen LogP contribution in [0.25, 0.3) is 0 Å². The molecule has 0 aliphatic carbocycles. The molecule has 0 aliphatic rings. The molecule has 0 aliphatic heterocycles. The lowest BCUT2D eigenvalue weighted by atomic mass is 10.3. The predicted molar refractivity (Wildman–Crippen MR) is 75.1 cm³/mol. The van der Waals surface area contributed by atoms with Crippen LogP contribution in [-0.2, 0) is 0 Å². The Labute approximate surface area is 118 Å². The van der Waals surface area contributed by atoms with Crippen LogP contribution in [0, 0.1) is 15.9 Å². The molecule has 0 amide bonds. The zero-order chi connectivity index (χ0) is 14.7. The van der Waals surface area contributed by atoms with Gasteiger partial charge in [-0.3, -0.25) is 10.1 Å². The SMILES string of the molecule is CNc1ccc([N+](=O)[O-])c(Nc2cccc(Cl)c2F)n1. The molecule has 1 aromatic heterocycles. The molecule has 0 spiro atoms. The fourth-order valence-electron chi connectivity index (χ4n) is 1.56. The molecule has 1 aromatic carbocycles. The van der Waals surface area contributed by atoms with Crippen LogP contribution < -0.4 is 10.6 Å². The molecule has 0 unspecified atom stereocenters. The standard InChI is InChI=1S/C12H10ClFN4O2/c1-15-10-6-5-9(18(19)20)12(17-10)16-8-4-2-3-7(13)11(8)14/h2-6H,1H3,(H2,15,16,17). The van der Waals surface area contributed by atoms with E-state index in [0.29, 0.717) is 5.82 Å². The number of rotatable bonds is 4. The molecule has 0 bridgehead atoms. The van der Waals surface area contributed by atoms with Crippen molar-refractivity contribution in [2.45, 2.75) is 0 Å². The number of nitrogens with one attached hydrogen (secondary N) is 2. The van der Waals surface area contributed by atoms with Crippen molar-refractivity contribution in [3.05, 3.63) is 51.3 Å². The molecule has 2 aromatic rings. The molecule has 0 radical (unpaired) electrons. The van der Waals surface area contributed by atoms with E-state index in [1.165, 1.54) is 30.3 Å². The number of nitrogens with zero attached hydrogens (tertiary/aromatic N) is 2. The van der Waals surface area contributed by atoms with Crippen molar-refractivity contribution in [2.24, 2.45) is 0 Å². The van der Waals surface area contributed by atoms with Crippen molar-refractivity contribution in [1.29, 1.82) is 0 Å². The summed E-state index contributed by atoms with van der Waals surface area (Å²) < 4.78 is 13.8. The van der Waals surface area contributed by atoms with Crippen molar-refractivity contribution in [3.8, 4) is 0 Å². The second-order valence-electron chi connectivity index (χ2n) is 3.80. The van der Waals surface area contributed by atoms with Crippen molar-refractivity contribution >= 4 is 34.6 Å². The minimum atomic E-state index is -0.694. The summed E-state index contributed by atoms with van der Waals surface area (Å²) in [5.41, 5.74) is -0.246. The van der Waals surface area contributed by atoms with Crippen LogP contribution in [0.4, 0.5) is 27.4 Å². The Balaban J connectivity index is 2.46. The van der Waals surface area contributed by atoms with Gasteiger partial charge in [-0.05, 0) is 18.2 Å². The van der Waals surface area contributed by atoms with E-state index in [2.05, 4.69) is 15.6 Å². The molecule has 0 saturated heterocycles. The fourth-order valence-corrected chi connectivity index (χ4v) is 1.73. The van der Waals surface area contributed by atoms with Crippen LogP contribution in [0.5, 0.6) is 0 Å². The van der Waals surface area contributed by atoms with E-state index in [4.69, 9.17) is 11.6 Å². The van der Waals surface area contributed by atoms with Gasteiger partial charge in [0.2, 0.25) is 5.82 Å². The van der Waals surface area contributed by atoms with E-state index in [-0.39, 0.29) is 22.2 Å². The molecular weight excluding hydrogens is 287 g/mol. The molecule has 0 saturated carbocycles. The summed E-state index contributed by atoms with van der Waals surface area (Å²) >= 11 is 5.66. The van der Waals surface area contributed by atoms with Crippen LogP contribution in [0.2, 0.25) is 5.02 Å². The zero-order valence-electron chi connectivity index (χ0n) is 10.4. The summed E-state index contributed by atoms with van der Waals surface area (Å²) in [6, 6.07) is 7.06. The highest BCUT2D eigenvalue weighted by atomic mass is 35.5. The van der Waals surface area contributed by atoms with Gasteiger partial charge in [0, 0.05) is 13.1 Å². The summed E-state index contributed by atoms with van der Waals surface area (Å²) in [6.45, 7) is 0. The molecule has 2 rings (SSSR count). The van der Waals surface area contributed by atoms with E-state index < -0.39 is 10.7 Å². The second kappa shape index (κ2) is 5.70. The van der Waals surface area contributed by atoms with Gasteiger partial charge in [-0.2, -0.15) is 0 Å². The van der Waals surface area contributed by atoms with Crippen LogP contribution >= 0.6 is 11.6 Å². The Hall–Kier alpha value is -2.41. The molecule has 0 fully saturated rings. The first kappa shape index (κ1) is 14.0. The van der Waals surface area contributed by atoms with Gasteiger partial charge < -0.3 is 10.6 Å². The highest BCUT2D eigenvalue weighted by Crippen LogP contribution is 2.30. The Morgan fingerprint density at radius 1 is 1.35 bits per heavy atom. The second-order valence-corrected chi connectivity index (χ2v) is 4.20. The summed E-state index contributed by atoms with van der Waals surface area (Å²) in [5.74, 6) is -0.344. The molecule has 104 valence electrons. The summed E-state index contributed by atoms with van der Waals surface area (Å²) in [6.07, 6.45) is 0. The Morgan fingerprint density at radius 3 is 2.75 bits per heavy atom. The molecule has 0 atom stereocenters. The topological polar surface area (TPSA) is 80.1 Å². The third kappa shape index (κ3) is 2.77. The van der Waals surface area contributed by atoms with E-state index in [1.54, 1.807) is 7.05 Å². The largest absolute Gasteiger partial charge is 0.373 e. The predicted octanol–water partition coefficient (Wildman–Crippen LogP) is 3.57. The first-order chi connectivity index (χ1) is 9.52. The van der Waals surface area contributed by atoms with Crippen molar-refractivity contribution in [3.63, 3.8) is 0 Å². The Bertz CT molecular complexity index is 666. The number of aromatic nitrogens is 1. The summed E-state index contributed by atoms with van der Waals surface area (Å²) in [5, 5.41) is 16.2. The lowest BCUT2D eigenvalue weighted by molar-refractivity contribution is -0.384. The van der Waals surface area contributed by atoms with Crippen molar-refractivity contribution in [2.75, 3.05) is 17.7 Å². The summed E-state index contributed by atoms with van der Waals surface area (Å²) in [7, 11) is 1.62. The molecule has 6 nitrogen and oxygen atoms in total. The number of hydrogen-bond acceptors (Lipinski definition) is 5. The van der Waals surface area contributed by atoms with E-state index in [9.17, 15) is 14.5 Å². The molecular formula is C12H10ClFN4O2. The molecule has 8 heteroatoms. The molecule has 1 heterocycles. The monoisotopic (exact) mass is 296 g/mol. The van der Waals surface area contributed by atoms with Crippen LogP contribution in [-0.4, -0.2) is 17.0 Å². The van der Waals surface area contributed by atoms with Gasteiger partial charge in [0.05, 0.1) is 15.6 Å². The van der Waals surface area contributed by atoms with Gasteiger partial charge in [-0.25, -0.2) is 9.37 Å². The maximum absolute atomic E-state index is 13.8. The maximum atomic E-state index is 13.8. The minimum Gasteiger partial charge on any atom is -0.373 e. The number of halogens is 2. The molecule has 2 N–H and O–H groups in total. The van der Waals surface area contributed by atoms with E-state index >= 15 is 0 Å². The van der Waals surface area contributed by atoms with Gasteiger partial charge in [0.1, 0.15) is 5.82 Å². The quantitative estimate of drug-likeness (QED) is 0.666. The maximum Gasteiger partial charge on any atom is 0.311 e. The van der Waals surface area contributed by atoms with Crippen LogP contribution in [0.15, 0.2) is 30.3 Å². The van der Waals surface area contributed by atoms with Crippen LogP contribution in [0.3, 0.4) is 0 Å². The molecule has 20 heavy (non-hydrogen) atoms. The Morgan fingerprint density at radius 2 is 2.10 bits per heavy atom. The van der Waals surface area contributed by atoms with Crippen molar-refractivity contribution < 1.29 is 9.31 Å². The minimum absolute atomic E-state index is 0.0151. The third-order valence-corrected chi connectivity index (χ3v) is 2.82. The van der Waals surface area contributed by atoms with Crippen molar-refractivity contribution in [1.82, 2.24) is 4.98 Å². The first-order valence-electron chi connectivity index (χ1n) is 5.57. The van der Waals surface area contributed by atoms with Gasteiger partial charge in [-0.15, -0.1) is 0 Å². The zero-order valence-corrected chi connectivity index (χ0v) is 11.1. The highest BCUT2D eigenvalue weighted by Gasteiger charge is 2.18. The average molecular weight is 297 g/mol. The van der Waals surface area contributed by atoms with E-state index in [1.807, 2.05) is 0 Å². The number of nitro groups is 1. The van der Waals surface area contributed by atoms with Crippen LogP contribution in [0.1, 0.15) is 0 Å². The lowest BCUT2D eigenvalue weighted by Gasteiger charge is -2.09. The third-order valence-electron chi connectivity index (χ3n) is 2.53. The highest BCUT2D eigenvalue weighted by molar-refractivity contribution is 6.31. The smallest absolute Gasteiger partial charge is 0.311 e. The fraction of sp³-hybridized carbons (Fsp3) is 0.0833. The number of hydrogen-bond donors (Lipinski definition) is 2. The van der Waals surface area contributed by atoms with E-state index in [0.717, 1.165) is 0 Å². The first-order valence-corrected chi connectivity index (χ1v) is 5.95. The summed E-state index contributed by atoms with van der Waals surface area (Å²) in [4.78, 5) is 14.4. The van der Waals surface area contributed by atoms with Gasteiger partial charge in [0.15, 0.2) is 5.82 Å². The lowest BCUT2D eigenvalue weighted by Crippen LogP contribution is -2.03. The number of anilines is 3. The Kier molecular flexibility index (Phi) is 3.99. The average Bonchev–Trinajstić information content (AvgIpc) is 2.43. The van der Waals surface area contributed by atoms with Gasteiger partial charge >= 0.3 is 5.69 Å². The number of pyridine rings is 1.